The number of ether oxygens (including phenoxy) is 2. The van der Waals surface area contributed by atoms with Crippen molar-refractivity contribution in [2.24, 2.45) is 0 Å². The minimum absolute atomic E-state index is 0.0507. The van der Waals surface area contributed by atoms with Crippen molar-refractivity contribution in [1.82, 2.24) is 0 Å². The quantitative estimate of drug-likeness (QED) is 0.120. The van der Waals surface area contributed by atoms with Crippen molar-refractivity contribution in [3.8, 4) is 34.1 Å². The molecule has 0 saturated heterocycles. The molecular weight excluding hydrogens is 772 g/mol. The van der Waals surface area contributed by atoms with Crippen LogP contribution in [0.1, 0.15) is 63.7 Å². The lowest BCUT2D eigenvalue weighted by Gasteiger charge is -2.26. The largest absolute Gasteiger partial charge is 0.478 e. The van der Waals surface area contributed by atoms with Crippen LogP contribution >= 0.6 is 0 Å². The molecule has 0 fully saturated rings. The molecule has 0 heterocycles. The zero-order valence-electron chi connectivity index (χ0n) is 25.5. The van der Waals surface area contributed by atoms with Crippen molar-refractivity contribution in [1.29, 1.82) is 0 Å². The molecule has 4 aromatic carbocycles. The Bertz CT molecular complexity index is 2190. The Kier molecular flexibility index (Phi) is 10.3. The Morgan fingerprint density at radius 3 is 1.19 bits per heavy atom. The van der Waals surface area contributed by atoms with Crippen LogP contribution < -0.4 is 9.47 Å². The first-order valence-corrected chi connectivity index (χ1v) is 13.9. The van der Waals surface area contributed by atoms with Crippen LogP contribution in [0.3, 0.4) is 0 Å². The summed E-state index contributed by atoms with van der Waals surface area (Å²) in [7, 11) is 0. The van der Waals surface area contributed by atoms with E-state index in [-0.39, 0.29) is 30.3 Å². The molecule has 0 aliphatic heterocycles. The number of carbonyl (C=O) groups is 4. The molecule has 0 radical (unpaired) electrons. The molecule has 4 aromatic rings. The van der Waals surface area contributed by atoms with Crippen molar-refractivity contribution in [2.75, 3.05) is 0 Å². The second-order valence-electron chi connectivity index (χ2n) is 10.5. The van der Waals surface area contributed by atoms with Crippen LogP contribution in [-0.4, -0.2) is 44.3 Å². The van der Waals surface area contributed by atoms with Crippen LogP contribution in [0.4, 0.5) is 52.7 Å². The molecule has 0 bridgehead atoms. The van der Waals surface area contributed by atoms with E-state index in [1.54, 1.807) is 0 Å². The molecule has 4 rings (SSSR count). The third-order valence-corrected chi connectivity index (χ3v) is 7.13. The summed E-state index contributed by atoms with van der Waals surface area (Å²) in [5.41, 5.74) is -20.3. The third-order valence-electron chi connectivity index (χ3n) is 7.13. The summed E-state index contributed by atoms with van der Waals surface area (Å²) in [5, 5.41) is 38.4. The molecule has 0 amide bonds. The Hall–Kier alpha value is -6.48. The SMILES string of the molecule is O=C(O)c1c(Oc2cc(-c3ccccc3)c(C(F)(F)F)c(C(F)(F)F)c2Oc2ccc(C(F)(F)F)c(C(=O)O)c2C(=O)O)ccc(C(F)(F)F)c1C(=O)O. The Balaban J connectivity index is 2.27. The number of carboxylic acids is 4. The van der Waals surface area contributed by atoms with E-state index in [2.05, 4.69) is 0 Å². The minimum atomic E-state index is -6.30. The lowest BCUT2D eigenvalue weighted by molar-refractivity contribution is -0.162. The first-order valence-electron chi connectivity index (χ1n) is 13.9. The maximum Gasteiger partial charge on any atom is 0.420 e. The number of carboxylic acid groups (broad SMARTS) is 4. The van der Waals surface area contributed by atoms with Crippen LogP contribution in [0.25, 0.3) is 11.1 Å². The van der Waals surface area contributed by atoms with E-state index in [1.807, 2.05) is 0 Å². The van der Waals surface area contributed by atoms with Gasteiger partial charge in [-0.2, -0.15) is 52.7 Å². The molecule has 0 spiro atoms. The first kappa shape index (κ1) is 40.3. The van der Waals surface area contributed by atoms with Gasteiger partial charge in [0.1, 0.15) is 28.2 Å². The van der Waals surface area contributed by atoms with Crippen molar-refractivity contribution in [2.45, 2.75) is 24.7 Å². The van der Waals surface area contributed by atoms with Gasteiger partial charge in [0.25, 0.3) is 0 Å². The van der Waals surface area contributed by atoms with Crippen LogP contribution in [-0.2, 0) is 24.7 Å². The summed E-state index contributed by atoms with van der Waals surface area (Å²) in [5.74, 6) is -17.9. The molecule has 0 aliphatic rings. The van der Waals surface area contributed by atoms with Crippen molar-refractivity contribution >= 4 is 23.9 Å². The maximum absolute atomic E-state index is 14.9. The molecule has 22 heteroatoms. The molecule has 10 nitrogen and oxygen atoms in total. The summed E-state index contributed by atoms with van der Waals surface area (Å²) in [6.45, 7) is 0. The van der Waals surface area contributed by atoms with E-state index >= 15 is 0 Å². The highest BCUT2D eigenvalue weighted by Crippen LogP contribution is 2.55. The number of rotatable bonds is 9. The average molecular weight is 786 g/mol. The Morgan fingerprint density at radius 2 is 0.833 bits per heavy atom. The number of hydrogen-bond donors (Lipinski definition) is 4. The molecule has 0 unspecified atom stereocenters. The summed E-state index contributed by atoms with van der Waals surface area (Å²) >= 11 is 0. The second-order valence-corrected chi connectivity index (χ2v) is 10.5. The summed E-state index contributed by atoms with van der Waals surface area (Å²) in [6.07, 6.45) is -23.6. The van der Waals surface area contributed by atoms with Gasteiger partial charge in [0.2, 0.25) is 0 Å². The smallest absolute Gasteiger partial charge is 0.420 e. The van der Waals surface area contributed by atoms with Gasteiger partial charge in [0.05, 0.1) is 27.8 Å². The highest BCUT2D eigenvalue weighted by Gasteiger charge is 2.50. The fraction of sp³-hybridized carbons (Fsp3) is 0.125. The molecule has 0 aliphatic carbocycles. The lowest BCUT2D eigenvalue weighted by Crippen LogP contribution is -2.21. The molecule has 0 aromatic heterocycles. The maximum atomic E-state index is 14.9. The topological polar surface area (TPSA) is 168 Å². The number of alkyl halides is 12. The Labute approximate surface area is 290 Å². The third kappa shape index (κ3) is 7.80. The molecule has 4 N–H and O–H groups in total. The van der Waals surface area contributed by atoms with Gasteiger partial charge < -0.3 is 29.9 Å². The Morgan fingerprint density at radius 1 is 0.444 bits per heavy atom. The van der Waals surface area contributed by atoms with Crippen LogP contribution in [0.15, 0.2) is 60.7 Å². The first-order chi connectivity index (χ1) is 24.7. The van der Waals surface area contributed by atoms with E-state index in [4.69, 9.17) is 9.47 Å². The lowest BCUT2D eigenvalue weighted by atomic mass is 9.92. The van der Waals surface area contributed by atoms with Gasteiger partial charge in [-0.25, -0.2) is 19.2 Å². The predicted molar refractivity (Wildman–Crippen MR) is 153 cm³/mol. The summed E-state index contributed by atoms with van der Waals surface area (Å²) in [6, 6.07) is 4.59. The predicted octanol–water partition coefficient (Wildman–Crippen LogP) is 9.81. The van der Waals surface area contributed by atoms with Gasteiger partial charge in [0.15, 0.2) is 11.5 Å². The van der Waals surface area contributed by atoms with E-state index in [0.29, 0.717) is 0 Å². The summed E-state index contributed by atoms with van der Waals surface area (Å²) < 4.78 is 181. The normalized spacial score (nSPS) is 12.3. The van der Waals surface area contributed by atoms with Gasteiger partial charge in [-0.15, -0.1) is 0 Å². The van der Waals surface area contributed by atoms with E-state index in [9.17, 15) is 92.3 Å². The van der Waals surface area contributed by atoms with Gasteiger partial charge >= 0.3 is 48.6 Å². The highest BCUT2D eigenvalue weighted by atomic mass is 19.4. The molecule has 54 heavy (non-hydrogen) atoms. The number of hydrogen-bond acceptors (Lipinski definition) is 6. The average Bonchev–Trinajstić information content (AvgIpc) is 3.02. The fourth-order valence-corrected chi connectivity index (χ4v) is 5.13. The summed E-state index contributed by atoms with van der Waals surface area (Å²) in [4.78, 5) is 48.0. The van der Waals surface area contributed by atoms with Crippen molar-refractivity contribution in [3.05, 3.63) is 105 Å². The van der Waals surface area contributed by atoms with E-state index < -0.39 is 127 Å². The number of aromatic carboxylic acids is 4. The van der Waals surface area contributed by atoms with E-state index in [0.717, 1.165) is 24.3 Å². The van der Waals surface area contributed by atoms with Crippen LogP contribution in [0.2, 0.25) is 0 Å². The second kappa shape index (κ2) is 13.8. The van der Waals surface area contributed by atoms with Gasteiger partial charge in [0, 0.05) is 0 Å². The van der Waals surface area contributed by atoms with Gasteiger partial charge in [-0.1, -0.05) is 30.3 Å². The zero-order chi connectivity index (χ0) is 40.9. The van der Waals surface area contributed by atoms with E-state index in [1.165, 1.54) is 6.07 Å². The van der Waals surface area contributed by atoms with Crippen LogP contribution in [0.5, 0.6) is 23.0 Å². The molecule has 0 atom stereocenters. The number of benzene rings is 4. The van der Waals surface area contributed by atoms with Crippen molar-refractivity contribution in [3.63, 3.8) is 0 Å². The monoisotopic (exact) mass is 786 g/mol. The zero-order valence-corrected chi connectivity index (χ0v) is 25.5. The number of halogens is 12. The standard InChI is InChI=1S/C32H14F12O10/c33-29(34,35)13-6-8-15(20(27(49)50)18(13)25(45)46)53-17-10-12(11-4-2-1-3-5-11)22(31(39,40)41)23(32(42,43)44)24(17)54-16-9-7-14(30(36,37)38)19(26(47)48)21(16)28(51)52/h1-10H,(H,45,46)(H,47,48)(H,49,50)(H,51,52). The molecule has 0 saturated carbocycles. The van der Waals surface area contributed by atoms with Gasteiger partial charge in [-0.3, -0.25) is 0 Å². The minimum Gasteiger partial charge on any atom is -0.478 e. The molecule has 286 valence electrons. The van der Waals surface area contributed by atoms with Crippen LogP contribution in [0, 0.1) is 0 Å². The molecular formula is C32H14F12O10. The van der Waals surface area contributed by atoms with Gasteiger partial charge in [-0.05, 0) is 41.5 Å². The van der Waals surface area contributed by atoms with Crippen molar-refractivity contribution < 1.29 is 102 Å². The fourth-order valence-electron chi connectivity index (χ4n) is 5.13. The highest BCUT2D eigenvalue weighted by molar-refractivity contribution is 6.06.